The molecule has 0 atom stereocenters. The molecule has 14 heavy (non-hydrogen) atoms. The maximum Gasteiger partial charge on any atom is 0.305 e. The van der Waals surface area contributed by atoms with E-state index < -0.39 is 0 Å². The molecule has 4 heteroatoms. The van der Waals surface area contributed by atoms with Gasteiger partial charge in [-0.05, 0) is 18.6 Å². The summed E-state index contributed by atoms with van der Waals surface area (Å²) in [6, 6.07) is 0. The van der Waals surface area contributed by atoms with Gasteiger partial charge < -0.3 is 9.47 Å². The quantitative estimate of drug-likeness (QED) is 0.367. The first kappa shape index (κ1) is 13.8. The van der Waals surface area contributed by atoms with Crippen LogP contribution in [0.3, 0.4) is 0 Å². The number of hydrogen-bond acceptors (Lipinski definition) is 4. The molecule has 0 heterocycles. The van der Waals surface area contributed by atoms with E-state index in [1.54, 1.807) is 0 Å². The fourth-order valence-corrected chi connectivity index (χ4v) is 1.02. The molecule has 0 N–H and O–H groups in total. The van der Waals surface area contributed by atoms with Crippen molar-refractivity contribution < 1.29 is 14.3 Å². The molecule has 0 aliphatic carbocycles. The van der Waals surface area contributed by atoms with E-state index in [0.717, 1.165) is 31.6 Å². The lowest BCUT2D eigenvalue weighted by molar-refractivity contribution is -0.145. The van der Waals surface area contributed by atoms with Crippen LogP contribution in [-0.4, -0.2) is 31.5 Å². The number of hydrogen-bond donors (Lipinski definition) is 1. The molecule has 0 amide bonds. The molecule has 0 unspecified atom stereocenters. The minimum atomic E-state index is -0.154. The number of unbranched alkanes of at least 4 members (excludes halogenated alkanes) is 1. The highest BCUT2D eigenvalue weighted by atomic mass is 32.1. The monoisotopic (exact) mass is 220 g/mol. The summed E-state index contributed by atoms with van der Waals surface area (Å²) in [7, 11) is 0. The molecule has 0 aliphatic heterocycles. The zero-order valence-electron chi connectivity index (χ0n) is 8.83. The Morgan fingerprint density at radius 1 is 1.21 bits per heavy atom. The smallest absolute Gasteiger partial charge is 0.305 e. The van der Waals surface area contributed by atoms with Crippen LogP contribution in [0.4, 0.5) is 0 Å². The Hall–Kier alpha value is -0.220. The van der Waals surface area contributed by atoms with Crippen LogP contribution in [0.2, 0.25) is 0 Å². The van der Waals surface area contributed by atoms with Crippen LogP contribution in [0, 0.1) is 0 Å². The van der Waals surface area contributed by atoms with Crippen LogP contribution in [-0.2, 0) is 14.3 Å². The summed E-state index contributed by atoms with van der Waals surface area (Å²) in [6.07, 6.45) is 3.42. The molecule has 0 aromatic heterocycles. The lowest BCUT2D eigenvalue weighted by atomic mass is 10.3. The van der Waals surface area contributed by atoms with Crippen molar-refractivity contribution in [1.82, 2.24) is 0 Å². The van der Waals surface area contributed by atoms with Crippen LogP contribution < -0.4 is 0 Å². The molecule has 0 aromatic rings. The van der Waals surface area contributed by atoms with E-state index >= 15 is 0 Å². The van der Waals surface area contributed by atoms with Gasteiger partial charge in [-0.2, -0.15) is 12.6 Å². The van der Waals surface area contributed by atoms with Crippen LogP contribution in [0.25, 0.3) is 0 Å². The Morgan fingerprint density at radius 3 is 2.64 bits per heavy atom. The minimum absolute atomic E-state index is 0.154. The first-order chi connectivity index (χ1) is 6.81. The van der Waals surface area contributed by atoms with Crippen molar-refractivity contribution in [3.05, 3.63) is 0 Å². The Bertz CT molecular complexity index is 139. The second-order valence-corrected chi connectivity index (χ2v) is 3.46. The summed E-state index contributed by atoms with van der Waals surface area (Å²) >= 11 is 4.01. The molecule has 84 valence electrons. The van der Waals surface area contributed by atoms with Crippen molar-refractivity contribution in [1.29, 1.82) is 0 Å². The molecule has 0 saturated heterocycles. The minimum Gasteiger partial charge on any atom is -0.463 e. The topological polar surface area (TPSA) is 35.5 Å². The zero-order valence-corrected chi connectivity index (χ0v) is 9.72. The first-order valence-corrected chi connectivity index (χ1v) is 5.78. The van der Waals surface area contributed by atoms with E-state index in [-0.39, 0.29) is 5.97 Å². The number of rotatable bonds is 9. The van der Waals surface area contributed by atoms with Gasteiger partial charge in [-0.25, -0.2) is 0 Å². The molecule has 0 aromatic carbocycles. The van der Waals surface area contributed by atoms with E-state index in [2.05, 4.69) is 19.6 Å². The lowest BCUT2D eigenvalue weighted by Gasteiger charge is -2.04. The molecule has 0 saturated carbocycles. The number of carbonyl (C=O) groups excluding carboxylic acids is 1. The van der Waals surface area contributed by atoms with Crippen molar-refractivity contribution >= 4 is 18.6 Å². The molecule has 0 fully saturated rings. The maximum atomic E-state index is 11.0. The highest BCUT2D eigenvalue weighted by molar-refractivity contribution is 7.80. The summed E-state index contributed by atoms with van der Waals surface area (Å²) < 4.78 is 10.2. The van der Waals surface area contributed by atoms with E-state index in [1.807, 2.05) is 0 Å². The lowest BCUT2D eigenvalue weighted by Crippen LogP contribution is -2.10. The van der Waals surface area contributed by atoms with Gasteiger partial charge in [0.25, 0.3) is 0 Å². The molecule has 0 bridgehead atoms. The van der Waals surface area contributed by atoms with Crippen LogP contribution in [0.1, 0.15) is 32.6 Å². The van der Waals surface area contributed by atoms with Crippen LogP contribution in [0.15, 0.2) is 0 Å². The van der Waals surface area contributed by atoms with Gasteiger partial charge in [-0.15, -0.1) is 0 Å². The van der Waals surface area contributed by atoms with Gasteiger partial charge >= 0.3 is 5.97 Å². The van der Waals surface area contributed by atoms with Crippen molar-refractivity contribution in [2.24, 2.45) is 0 Å². The highest BCUT2D eigenvalue weighted by Gasteiger charge is 2.00. The number of thiol groups is 1. The third-order valence-electron chi connectivity index (χ3n) is 1.67. The van der Waals surface area contributed by atoms with Crippen LogP contribution in [0.5, 0.6) is 0 Å². The molecular weight excluding hydrogens is 200 g/mol. The van der Waals surface area contributed by atoms with Crippen molar-refractivity contribution in [2.75, 3.05) is 25.6 Å². The van der Waals surface area contributed by atoms with E-state index in [1.165, 1.54) is 0 Å². The van der Waals surface area contributed by atoms with Crippen molar-refractivity contribution in [3.63, 3.8) is 0 Å². The van der Waals surface area contributed by atoms with Gasteiger partial charge in [0.2, 0.25) is 0 Å². The average Bonchev–Trinajstić information content (AvgIpc) is 2.20. The summed E-state index contributed by atoms with van der Waals surface area (Å²) in [4.78, 5) is 11.0. The summed E-state index contributed by atoms with van der Waals surface area (Å²) in [5.74, 6) is 0.570. The SMILES string of the molecule is CCCCOCCOC(=O)CCCS. The predicted octanol–water partition coefficient (Wildman–Crippen LogP) is 2.06. The van der Waals surface area contributed by atoms with Crippen molar-refractivity contribution in [3.8, 4) is 0 Å². The third kappa shape index (κ3) is 9.86. The second-order valence-electron chi connectivity index (χ2n) is 3.01. The fraction of sp³-hybridized carbons (Fsp3) is 0.900. The largest absolute Gasteiger partial charge is 0.463 e. The van der Waals surface area contributed by atoms with Crippen LogP contribution >= 0.6 is 12.6 Å². The van der Waals surface area contributed by atoms with E-state index in [0.29, 0.717) is 19.6 Å². The Morgan fingerprint density at radius 2 is 2.00 bits per heavy atom. The third-order valence-corrected chi connectivity index (χ3v) is 1.99. The summed E-state index contributed by atoms with van der Waals surface area (Å²) in [5.41, 5.74) is 0. The normalized spacial score (nSPS) is 10.1. The first-order valence-electron chi connectivity index (χ1n) is 5.15. The Labute approximate surface area is 91.6 Å². The van der Waals surface area contributed by atoms with Crippen molar-refractivity contribution in [2.45, 2.75) is 32.6 Å². The van der Waals surface area contributed by atoms with Gasteiger partial charge in [0, 0.05) is 13.0 Å². The predicted molar refractivity (Wildman–Crippen MR) is 59.8 cm³/mol. The molecule has 0 rings (SSSR count). The van der Waals surface area contributed by atoms with Gasteiger partial charge in [-0.3, -0.25) is 4.79 Å². The second kappa shape index (κ2) is 10.9. The van der Waals surface area contributed by atoms with Gasteiger partial charge in [0.05, 0.1) is 6.61 Å². The molecule has 0 radical (unpaired) electrons. The summed E-state index contributed by atoms with van der Waals surface area (Å²) in [6.45, 7) is 3.74. The van der Waals surface area contributed by atoms with Gasteiger partial charge in [0.15, 0.2) is 0 Å². The maximum absolute atomic E-state index is 11.0. The Kier molecular flexibility index (Phi) is 10.7. The highest BCUT2D eigenvalue weighted by Crippen LogP contribution is 1.94. The fourth-order valence-electron chi connectivity index (χ4n) is 0.858. The van der Waals surface area contributed by atoms with Gasteiger partial charge in [0.1, 0.15) is 6.61 Å². The number of esters is 1. The average molecular weight is 220 g/mol. The summed E-state index contributed by atoms with van der Waals surface area (Å²) in [5, 5.41) is 0. The zero-order chi connectivity index (χ0) is 10.6. The molecule has 0 aliphatic rings. The Balaban J connectivity index is 3.07. The van der Waals surface area contributed by atoms with Gasteiger partial charge in [-0.1, -0.05) is 13.3 Å². The van der Waals surface area contributed by atoms with E-state index in [4.69, 9.17) is 9.47 Å². The molecular formula is C10H20O3S. The van der Waals surface area contributed by atoms with E-state index in [9.17, 15) is 4.79 Å². The number of ether oxygens (including phenoxy) is 2. The molecule has 0 spiro atoms. The molecule has 3 nitrogen and oxygen atoms in total. The number of carbonyl (C=O) groups is 1. The standard InChI is InChI=1S/C10H20O3S/c1-2-3-6-12-7-8-13-10(11)5-4-9-14/h14H,2-9H2,1H3.